The van der Waals surface area contributed by atoms with Crippen LogP contribution in [0.1, 0.15) is 75.0 Å². The fraction of sp³-hybridized carbons (Fsp3) is 0.324. The highest BCUT2D eigenvalue weighted by Crippen LogP contribution is 2.46. The highest BCUT2D eigenvalue weighted by molar-refractivity contribution is 6.41. The Kier molecular flexibility index (Phi) is 7.47. The predicted molar refractivity (Wildman–Crippen MR) is 160 cm³/mol. The largest absolute Gasteiger partial charge is 0.355 e. The minimum Gasteiger partial charge on any atom is -0.355 e. The van der Waals surface area contributed by atoms with Gasteiger partial charge in [-0.25, -0.2) is 0 Å². The molecule has 1 aromatic heterocycles. The summed E-state index contributed by atoms with van der Waals surface area (Å²) >= 11 is 6.18. The van der Waals surface area contributed by atoms with Gasteiger partial charge in [-0.2, -0.15) is 5.26 Å². The normalized spacial score (nSPS) is 19.7. The Morgan fingerprint density at radius 1 is 1.05 bits per heavy atom. The summed E-state index contributed by atoms with van der Waals surface area (Å²) in [5.74, 6) is -0.142. The van der Waals surface area contributed by atoms with E-state index in [-0.39, 0.29) is 28.7 Å². The van der Waals surface area contributed by atoms with E-state index in [1.807, 2.05) is 55.5 Å². The van der Waals surface area contributed by atoms with Crippen molar-refractivity contribution < 1.29 is 4.79 Å². The highest BCUT2D eigenvalue weighted by Gasteiger charge is 2.37. The zero-order chi connectivity index (χ0) is 27.7. The van der Waals surface area contributed by atoms with Gasteiger partial charge >= 0.3 is 0 Å². The molecule has 0 aliphatic heterocycles. The Balaban J connectivity index is 1.39. The predicted octanol–water partition coefficient (Wildman–Crippen LogP) is 9.05. The van der Waals surface area contributed by atoms with Crippen LogP contribution in [0.3, 0.4) is 0 Å². The highest BCUT2D eigenvalue weighted by atomic mass is 35.5. The number of nitrogens with one attached hydrogen (secondary N) is 2. The average Bonchev–Trinajstić information content (AvgIpc) is 3.30. The zero-order valence-corrected chi connectivity index (χ0v) is 23.5. The van der Waals surface area contributed by atoms with Gasteiger partial charge in [0.15, 0.2) is 5.78 Å². The van der Waals surface area contributed by atoms with E-state index in [1.54, 1.807) is 0 Å². The first-order chi connectivity index (χ1) is 18.6. The Hall–Kier alpha value is -3.68. The average molecular weight is 536 g/mol. The number of aromatic amines is 1. The summed E-state index contributed by atoms with van der Waals surface area (Å²) in [4.78, 5) is 17.2. The fourth-order valence-electron chi connectivity index (χ4n) is 6.30. The molecule has 1 fully saturated rings. The maximum atomic E-state index is 13.6. The van der Waals surface area contributed by atoms with Crippen molar-refractivity contribution in [1.29, 1.82) is 10.7 Å². The molecule has 5 heteroatoms. The van der Waals surface area contributed by atoms with Gasteiger partial charge in [-0.05, 0) is 90.1 Å². The summed E-state index contributed by atoms with van der Waals surface area (Å²) < 4.78 is 0. The third-order valence-electron chi connectivity index (χ3n) is 8.34. The number of hydrogen-bond acceptors (Lipinski definition) is 3. The number of carbonyl (C=O) groups is 1. The van der Waals surface area contributed by atoms with Gasteiger partial charge in [-0.15, -0.1) is 0 Å². The van der Waals surface area contributed by atoms with Gasteiger partial charge in [0.1, 0.15) is 0 Å². The number of H-pyrrole nitrogens is 1. The summed E-state index contributed by atoms with van der Waals surface area (Å²) in [6, 6.07) is 26.0. The van der Waals surface area contributed by atoms with Crippen LogP contribution in [-0.2, 0) is 4.79 Å². The van der Waals surface area contributed by atoms with Crippen LogP contribution >= 0.6 is 11.6 Å². The van der Waals surface area contributed by atoms with Gasteiger partial charge < -0.3 is 10.4 Å². The Bertz CT molecular complexity index is 1570. The molecule has 3 aromatic carbocycles. The van der Waals surface area contributed by atoms with Gasteiger partial charge in [-0.1, -0.05) is 68.8 Å². The monoisotopic (exact) mass is 535 g/mol. The second kappa shape index (κ2) is 10.8. The number of benzene rings is 3. The Morgan fingerprint density at radius 3 is 2.51 bits per heavy atom. The molecular formula is C34H34ClN3O. The summed E-state index contributed by atoms with van der Waals surface area (Å²) in [7, 11) is 0. The van der Waals surface area contributed by atoms with Gasteiger partial charge in [0.05, 0.1) is 17.3 Å². The SMILES string of the molecule is C[C@H](C(=N)C(=O)C1CCC(c2cccc3[nH]c(-c4ccc(C#N)cc4)cc23)CC(C)(C)C1)c1cccc(Cl)c1. The third kappa shape index (κ3) is 5.70. The molecule has 0 spiro atoms. The number of carbonyl (C=O) groups excluding carboxylic acids is 1. The maximum Gasteiger partial charge on any atom is 0.180 e. The number of rotatable bonds is 6. The summed E-state index contributed by atoms with van der Waals surface area (Å²) in [6.45, 7) is 6.44. The van der Waals surface area contributed by atoms with Crippen molar-refractivity contribution in [3.05, 3.63) is 94.5 Å². The van der Waals surface area contributed by atoms with Crippen molar-refractivity contribution in [1.82, 2.24) is 4.98 Å². The van der Waals surface area contributed by atoms with Crippen LogP contribution in [0, 0.1) is 28.1 Å². The number of Topliss-reactive ketones (excluding diaryl/α,β-unsaturated/α-hetero) is 1. The van der Waals surface area contributed by atoms with Crippen molar-refractivity contribution >= 4 is 34.0 Å². The minimum atomic E-state index is -0.285. The van der Waals surface area contributed by atoms with Crippen LogP contribution < -0.4 is 0 Å². The third-order valence-corrected chi connectivity index (χ3v) is 8.58. The van der Waals surface area contributed by atoms with E-state index in [0.717, 1.165) is 48.0 Å². The summed E-state index contributed by atoms with van der Waals surface area (Å²) in [5.41, 5.74) is 6.19. The van der Waals surface area contributed by atoms with Crippen molar-refractivity contribution in [2.24, 2.45) is 11.3 Å². The van der Waals surface area contributed by atoms with Crippen molar-refractivity contribution in [2.75, 3.05) is 0 Å². The van der Waals surface area contributed by atoms with Gasteiger partial charge in [0, 0.05) is 33.5 Å². The second-order valence-corrected chi connectivity index (χ2v) is 12.2. The lowest BCUT2D eigenvalue weighted by atomic mass is 9.75. The summed E-state index contributed by atoms with van der Waals surface area (Å²) in [5, 5.41) is 19.7. The van der Waals surface area contributed by atoms with Crippen molar-refractivity contribution in [3.63, 3.8) is 0 Å². The van der Waals surface area contributed by atoms with Crippen molar-refractivity contribution in [2.45, 2.75) is 58.3 Å². The number of fused-ring (bicyclic) bond motifs is 1. The Labute approximate surface area is 235 Å². The van der Waals surface area contributed by atoms with E-state index in [9.17, 15) is 4.79 Å². The first-order valence-electron chi connectivity index (χ1n) is 13.7. The van der Waals surface area contributed by atoms with Crippen LogP contribution in [0.5, 0.6) is 0 Å². The zero-order valence-electron chi connectivity index (χ0n) is 22.7. The molecule has 4 aromatic rings. The van der Waals surface area contributed by atoms with E-state index in [4.69, 9.17) is 22.3 Å². The van der Waals surface area contributed by atoms with Gasteiger partial charge in [-0.3, -0.25) is 4.79 Å². The Morgan fingerprint density at radius 2 is 1.79 bits per heavy atom. The quantitative estimate of drug-likeness (QED) is 0.191. The van der Waals surface area contributed by atoms with Crippen LogP contribution in [0.2, 0.25) is 5.02 Å². The molecular weight excluding hydrogens is 502 g/mol. The molecule has 1 aliphatic carbocycles. The molecule has 0 radical (unpaired) electrons. The summed E-state index contributed by atoms with van der Waals surface area (Å²) in [6.07, 6.45) is 3.47. The molecule has 1 saturated carbocycles. The van der Waals surface area contributed by atoms with E-state index in [1.165, 1.54) is 10.9 Å². The van der Waals surface area contributed by atoms with Crippen molar-refractivity contribution in [3.8, 4) is 17.3 Å². The molecule has 5 rings (SSSR count). The van der Waals surface area contributed by atoms with Crippen LogP contribution in [0.25, 0.3) is 22.2 Å². The van der Waals surface area contributed by atoms with Gasteiger partial charge in [0.2, 0.25) is 0 Å². The lowest BCUT2D eigenvalue weighted by molar-refractivity contribution is -0.117. The van der Waals surface area contributed by atoms with Crippen LogP contribution in [-0.4, -0.2) is 16.5 Å². The van der Waals surface area contributed by atoms with E-state index in [2.05, 4.69) is 49.2 Å². The molecule has 2 unspecified atom stereocenters. The van der Waals surface area contributed by atoms with Gasteiger partial charge in [0.25, 0.3) is 0 Å². The van der Waals surface area contributed by atoms with E-state index < -0.39 is 0 Å². The minimum absolute atomic E-state index is 0.0286. The number of ketones is 1. The van der Waals surface area contributed by atoms with Crippen LogP contribution in [0.4, 0.5) is 0 Å². The molecule has 4 nitrogen and oxygen atoms in total. The molecule has 1 aliphatic rings. The first-order valence-corrected chi connectivity index (χ1v) is 14.0. The molecule has 0 bridgehead atoms. The topological polar surface area (TPSA) is 80.5 Å². The molecule has 2 N–H and O–H groups in total. The molecule has 0 amide bonds. The smallest absolute Gasteiger partial charge is 0.180 e. The number of nitriles is 1. The van der Waals surface area contributed by atoms with E-state index in [0.29, 0.717) is 16.5 Å². The van der Waals surface area contributed by atoms with E-state index >= 15 is 0 Å². The number of halogens is 1. The van der Waals surface area contributed by atoms with Crippen LogP contribution in [0.15, 0.2) is 72.8 Å². The number of hydrogen-bond donors (Lipinski definition) is 2. The lowest BCUT2D eigenvalue weighted by Gasteiger charge is -2.29. The standard InChI is InChI=1S/C34H34ClN3O/c1-21(24-6-4-7-27(35)16-24)32(37)33(39)26-15-14-25(18-34(2,3)19-26)28-8-5-9-30-29(28)17-31(38-30)23-12-10-22(20-36)11-13-23/h4-13,16-17,21,25-26,37-38H,14-15,18-19H2,1-3H3/t21-,25?,26?/m0/s1. The fourth-order valence-corrected chi connectivity index (χ4v) is 6.50. The lowest BCUT2D eigenvalue weighted by Crippen LogP contribution is -2.29. The molecule has 1 heterocycles. The number of aromatic nitrogens is 1. The molecule has 39 heavy (non-hydrogen) atoms. The molecule has 3 atom stereocenters. The number of nitrogens with zero attached hydrogens (tertiary/aromatic N) is 1. The second-order valence-electron chi connectivity index (χ2n) is 11.8. The molecule has 198 valence electrons. The first kappa shape index (κ1) is 26.9. The maximum absolute atomic E-state index is 13.6. The molecule has 0 saturated heterocycles.